The molecule has 0 N–H and O–H groups in total. The topological polar surface area (TPSA) is 54.5 Å². The van der Waals surface area contributed by atoms with Gasteiger partial charge in [-0.2, -0.15) is 0 Å². The minimum Gasteiger partial charge on any atom is -0.279 e. The quantitative estimate of drug-likeness (QED) is 0.786. The fraction of sp³-hybridized carbons (Fsp3) is 0.462. The molecule has 0 saturated heterocycles. The maximum Gasteiger partial charge on any atom is 0.245 e. The van der Waals surface area contributed by atoms with Crippen LogP contribution in [0.1, 0.15) is 25.0 Å². The predicted molar refractivity (Wildman–Crippen MR) is 78.2 cm³/mol. The van der Waals surface area contributed by atoms with E-state index in [1.807, 2.05) is 19.9 Å². The lowest BCUT2D eigenvalue weighted by Gasteiger charge is -2.29. The number of carbonyl (C=O) groups is 1. The Balaban J connectivity index is 3.49. The van der Waals surface area contributed by atoms with Crippen molar-refractivity contribution in [2.24, 2.45) is 0 Å². The van der Waals surface area contributed by atoms with Gasteiger partial charge in [0.15, 0.2) is 0 Å². The number of hydrogen-bond acceptors (Lipinski definition) is 3. The van der Waals surface area contributed by atoms with Gasteiger partial charge in [-0.05, 0) is 56.5 Å². The molecule has 0 radical (unpaired) electrons. The smallest absolute Gasteiger partial charge is 0.245 e. The Bertz CT molecular complexity index is 584. The molecule has 0 spiro atoms. The highest BCUT2D eigenvalue weighted by molar-refractivity contribution is 7.92. The molecule has 0 aliphatic rings. The number of sulfonamides is 1. The van der Waals surface area contributed by atoms with E-state index in [0.717, 1.165) is 15.4 Å². The van der Waals surface area contributed by atoms with Crippen LogP contribution in [0.5, 0.6) is 0 Å². The zero-order valence-corrected chi connectivity index (χ0v) is 13.0. The number of aryl methyl sites for hydroxylation is 1. The Morgan fingerprint density at radius 3 is 2.42 bits per heavy atom. The van der Waals surface area contributed by atoms with Crippen molar-refractivity contribution >= 4 is 32.6 Å². The van der Waals surface area contributed by atoms with Gasteiger partial charge in [-0.15, -0.1) is 0 Å². The lowest BCUT2D eigenvalue weighted by molar-refractivity contribution is -0.112. The average molecular weight is 304 g/mol. The highest BCUT2D eigenvalue weighted by atomic mass is 35.5. The first-order chi connectivity index (χ1) is 8.72. The van der Waals surface area contributed by atoms with Crippen molar-refractivity contribution in [2.75, 3.05) is 10.1 Å². The monoisotopic (exact) mass is 303 g/mol. The first-order valence-corrected chi connectivity index (χ1v) is 7.98. The Hall–Kier alpha value is -1.07. The number of halogens is 1. The van der Waals surface area contributed by atoms with Crippen LogP contribution in [0.25, 0.3) is 0 Å². The van der Waals surface area contributed by atoms with Crippen LogP contribution >= 0.6 is 11.6 Å². The van der Waals surface area contributed by atoms with Crippen LogP contribution in [0.3, 0.4) is 0 Å². The zero-order chi connectivity index (χ0) is 14.8. The van der Waals surface area contributed by atoms with Crippen LogP contribution in [-0.2, 0) is 14.8 Å². The van der Waals surface area contributed by atoms with Crippen LogP contribution in [0.15, 0.2) is 18.2 Å². The van der Waals surface area contributed by atoms with Crippen molar-refractivity contribution in [3.8, 4) is 0 Å². The van der Waals surface area contributed by atoms with Crippen molar-refractivity contribution in [3.05, 3.63) is 29.3 Å². The molecular weight excluding hydrogens is 286 g/mol. The van der Waals surface area contributed by atoms with E-state index < -0.39 is 21.3 Å². The fourth-order valence-electron chi connectivity index (χ4n) is 1.81. The molecule has 0 heterocycles. The van der Waals surface area contributed by atoms with E-state index in [4.69, 9.17) is 11.6 Å². The van der Waals surface area contributed by atoms with Crippen molar-refractivity contribution in [2.45, 2.75) is 33.7 Å². The van der Waals surface area contributed by atoms with Gasteiger partial charge >= 0.3 is 0 Å². The van der Waals surface area contributed by atoms with Crippen LogP contribution in [0.4, 0.5) is 5.69 Å². The van der Waals surface area contributed by atoms with E-state index in [1.54, 1.807) is 19.1 Å². The number of rotatable bonds is 5. The number of benzene rings is 1. The molecule has 0 bridgehead atoms. The van der Waals surface area contributed by atoms with E-state index in [0.29, 0.717) is 5.69 Å². The summed E-state index contributed by atoms with van der Waals surface area (Å²) in [5.41, 5.74) is 2.29. The summed E-state index contributed by atoms with van der Waals surface area (Å²) >= 11 is 5.48. The third kappa shape index (κ3) is 3.28. The molecule has 1 rings (SSSR count). The standard InChI is InChI=1S/C13H18ClNO3S/c1-5-19(17,18)15(11(4)13(14)16)12-8-6-7-9(2)10(12)3/h6-8,11H,5H2,1-4H3. The summed E-state index contributed by atoms with van der Waals surface area (Å²) < 4.78 is 25.6. The molecule has 0 saturated carbocycles. The van der Waals surface area contributed by atoms with Gasteiger partial charge in [0.05, 0.1) is 11.4 Å². The number of hydrogen-bond donors (Lipinski definition) is 0. The molecule has 106 valence electrons. The molecule has 0 aromatic heterocycles. The minimum absolute atomic E-state index is 0.0884. The zero-order valence-electron chi connectivity index (χ0n) is 11.5. The highest BCUT2D eigenvalue weighted by Crippen LogP contribution is 2.28. The van der Waals surface area contributed by atoms with E-state index in [-0.39, 0.29) is 5.75 Å². The van der Waals surface area contributed by atoms with E-state index >= 15 is 0 Å². The maximum atomic E-state index is 12.2. The molecule has 0 amide bonds. The first kappa shape index (κ1) is 16.0. The summed E-state index contributed by atoms with van der Waals surface area (Å²) in [7, 11) is -3.57. The summed E-state index contributed by atoms with van der Waals surface area (Å²) in [5, 5.41) is -0.696. The summed E-state index contributed by atoms with van der Waals surface area (Å²) in [6.07, 6.45) is 0. The van der Waals surface area contributed by atoms with Crippen molar-refractivity contribution in [1.82, 2.24) is 0 Å². The molecular formula is C13H18ClNO3S. The van der Waals surface area contributed by atoms with Crippen LogP contribution in [-0.4, -0.2) is 25.5 Å². The van der Waals surface area contributed by atoms with Gasteiger partial charge in [0.1, 0.15) is 6.04 Å². The van der Waals surface area contributed by atoms with E-state index in [1.165, 1.54) is 6.92 Å². The Kier molecular flexibility index (Phi) is 4.98. The number of carbonyl (C=O) groups excluding carboxylic acids is 1. The Morgan fingerprint density at radius 2 is 1.95 bits per heavy atom. The van der Waals surface area contributed by atoms with Gasteiger partial charge in [-0.25, -0.2) is 8.42 Å². The first-order valence-electron chi connectivity index (χ1n) is 6.00. The SMILES string of the molecule is CCS(=O)(=O)N(c1cccc(C)c1C)C(C)C(=O)Cl. The van der Waals surface area contributed by atoms with Crippen molar-refractivity contribution < 1.29 is 13.2 Å². The summed E-state index contributed by atoms with van der Waals surface area (Å²) in [6, 6.07) is 4.42. The second-order valence-corrected chi connectivity index (χ2v) is 6.90. The molecule has 4 nitrogen and oxygen atoms in total. The molecule has 6 heteroatoms. The molecule has 0 aliphatic heterocycles. The van der Waals surface area contributed by atoms with Gasteiger partial charge in [0.2, 0.25) is 15.3 Å². The molecule has 1 unspecified atom stereocenters. The lowest BCUT2D eigenvalue weighted by atomic mass is 10.1. The van der Waals surface area contributed by atoms with Crippen molar-refractivity contribution in [1.29, 1.82) is 0 Å². The molecule has 0 fully saturated rings. The molecule has 1 atom stereocenters. The summed E-state index contributed by atoms with van der Waals surface area (Å²) in [5.74, 6) is -0.0884. The molecule has 1 aromatic carbocycles. The Morgan fingerprint density at radius 1 is 1.37 bits per heavy atom. The predicted octanol–water partition coefficient (Wildman–Crippen LogP) is 2.61. The van der Waals surface area contributed by atoms with Gasteiger partial charge in [0, 0.05) is 0 Å². The summed E-state index contributed by atoms with van der Waals surface area (Å²) in [6.45, 7) is 6.75. The van der Waals surface area contributed by atoms with Gasteiger partial charge in [-0.1, -0.05) is 12.1 Å². The van der Waals surface area contributed by atoms with E-state index in [2.05, 4.69) is 0 Å². The molecule has 1 aromatic rings. The molecule has 19 heavy (non-hydrogen) atoms. The largest absolute Gasteiger partial charge is 0.279 e. The van der Waals surface area contributed by atoms with Gasteiger partial charge in [-0.3, -0.25) is 9.10 Å². The van der Waals surface area contributed by atoms with Crippen LogP contribution < -0.4 is 4.31 Å². The third-order valence-electron chi connectivity index (χ3n) is 3.16. The average Bonchev–Trinajstić information content (AvgIpc) is 2.34. The van der Waals surface area contributed by atoms with E-state index in [9.17, 15) is 13.2 Å². The highest BCUT2D eigenvalue weighted by Gasteiger charge is 2.31. The number of anilines is 1. The number of nitrogens with zero attached hydrogens (tertiary/aromatic N) is 1. The second-order valence-electron chi connectivity index (χ2n) is 4.40. The van der Waals surface area contributed by atoms with Crippen molar-refractivity contribution in [3.63, 3.8) is 0 Å². The van der Waals surface area contributed by atoms with Crippen LogP contribution in [0, 0.1) is 13.8 Å². The van der Waals surface area contributed by atoms with Crippen LogP contribution in [0.2, 0.25) is 0 Å². The minimum atomic E-state index is -3.57. The van der Waals surface area contributed by atoms with Gasteiger partial charge < -0.3 is 0 Å². The fourth-order valence-corrected chi connectivity index (χ4v) is 3.31. The lowest BCUT2D eigenvalue weighted by Crippen LogP contribution is -2.43. The second kappa shape index (κ2) is 5.92. The summed E-state index contributed by atoms with van der Waals surface area (Å²) in [4.78, 5) is 11.4. The normalized spacial score (nSPS) is 13.1. The maximum absolute atomic E-state index is 12.2. The third-order valence-corrected chi connectivity index (χ3v) is 5.32. The Labute approximate surface area is 119 Å². The molecule has 0 aliphatic carbocycles. The van der Waals surface area contributed by atoms with Gasteiger partial charge in [0.25, 0.3) is 0 Å².